The fourth-order valence-electron chi connectivity index (χ4n) is 2.96. The molecule has 0 amide bonds. The van der Waals surface area contributed by atoms with Crippen molar-refractivity contribution in [3.8, 4) is 0 Å². The molecule has 0 aliphatic carbocycles. The molecule has 19 heavy (non-hydrogen) atoms. The molecule has 0 radical (unpaired) electrons. The Bertz CT molecular complexity index is 364. The summed E-state index contributed by atoms with van der Waals surface area (Å²) >= 11 is 0. The molecule has 2 saturated heterocycles. The number of nitrogens with one attached hydrogen (secondary N) is 1. The van der Waals surface area contributed by atoms with Crippen molar-refractivity contribution < 1.29 is 13.2 Å². The molecule has 0 spiro atoms. The first-order valence-electron chi connectivity index (χ1n) is 7.44. The highest BCUT2D eigenvalue weighted by Gasteiger charge is 2.31. The van der Waals surface area contributed by atoms with Crippen LogP contribution in [0.2, 0.25) is 0 Å². The van der Waals surface area contributed by atoms with Gasteiger partial charge in [0, 0.05) is 25.7 Å². The van der Waals surface area contributed by atoms with Gasteiger partial charge in [-0.05, 0) is 39.2 Å². The Morgan fingerprint density at radius 1 is 1.26 bits per heavy atom. The van der Waals surface area contributed by atoms with Gasteiger partial charge in [0.15, 0.2) is 0 Å². The maximum absolute atomic E-state index is 12.4. The van der Waals surface area contributed by atoms with E-state index in [-0.39, 0.29) is 17.9 Å². The molecule has 2 aliphatic rings. The van der Waals surface area contributed by atoms with E-state index < -0.39 is 10.0 Å². The molecule has 2 fully saturated rings. The first kappa shape index (κ1) is 15.2. The zero-order valence-corrected chi connectivity index (χ0v) is 12.6. The van der Waals surface area contributed by atoms with E-state index in [9.17, 15) is 8.42 Å². The molecule has 6 heteroatoms. The lowest BCUT2D eigenvalue weighted by Crippen LogP contribution is -2.48. The standard InChI is InChI=1S/C13H26N2O3S/c1-2-18-13-7-5-9-15(10-13)19(16,17)11-12-6-3-4-8-14-12/h12-14H,2-11H2,1H3. The minimum atomic E-state index is -3.14. The highest BCUT2D eigenvalue weighted by atomic mass is 32.2. The van der Waals surface area contributed by atoms with Crippen molar-refractivity contribution in [3.63, 3.8) is 0 Å². The molecule has 0 aromatic heterocycles. The lowest BCUT2D eigenvalue weighted by Gasteiger charge is -2.33. The first-order valence-corrected chi connectivity index (χ1v) is 9.05. The maximum Gasteiger partial charge on any atom is 0.215 e. The van der Waals surface area contributed by atoms with Gasteiger partial charge in [-0.25, -0.2) is 8.42 Å². The summed E-state index contributed by atoms with van der Waals surface area (Å²) in [5.74, 6) is 0.242. The van der Waals surface area contributed by atoms with Gasteiger partial charge in [0.1, 0.15) is 0 Å². The highest BCUT2D eigenvalue weighted by Crippen LogP contribution is 2.18. The molecule has 2 heterocycles. The Morgan fingerprint density at radius 3 is 2.79 bits per heavy atom. The fraction of sp³-hybridized carbons (Fsp3) is 1.00. The smallest absolute Gasteiger partial charge is 0.215 e. The molecule has 2 unspecified atom stereocenters. The number of hydrogen-bond acceptors (Lipinski definition) is 4. The zero-order valence-electron chi connectivity index (χ0n) is 11.8. The highest BCUT2D eigenvalue weighted by molar-refractivity contribution is 7.89. The number of nitrogens with zero attached hydrogens (tertiary/aromatic N) is 1. The van der Waals surface area contributed by atoms with Crippen LogP contribution in [0.4, 0.5) is 0 Å². The van der Waals surface area contributed by atoms with Crippen molar-refractivity contribution in [1.82, 2.24) is 9.62 Å². The molecule has 5 nitrogen and oxygen atoms in total. The van der Waals surface area contributed by atoms with Gasteiger partial charge in [0.2, 0.25) is 10.0 Å². The van der Waals surface area contributed by atoms with E-state index in [2.05, 4.69) is 5.32 Å². The van der Waals surface area contributed by atoms with Gasteiger partial charge in [0.25, 0.3) is 0 Å². The van der Waals surface area contributed by atoms with Gasteiger partial charge in [-0.15, -0.1) is 0 Å². The number of ether oxygens (including phenoxy) is 1. The van der Waals surface area contributed by atoms with Crippen molar-refractivity contribution in [3.05, 3.63) is 0 Å². The molecule has 0 saturated carbocycles. The minimum absolute atomic E-state index is 0.0767. The van der Waals surface area contributed by atoms with E-state index in [1.807, 2.05) is 6.92 Å². The van der Waals surface area contributed by atoms with E-state index in [1.54, 1.807) is 4.31 Å². The Hall–Kier alpha value is -0.170. The molecule has 0 aromatic rings. The van der Waals surface area contributed by atoms with Gasteiger partial charge < -0.3 is 10.1 Å². The van der Waals surface area contributed by atoms with Crippen LogP contribution in [0.25, 0.3) is 0 Å². The second-order valence-electron chi connectivity index (χ2n) is 5.50. The van der Waals surface area contributed by atoms with Crippen LogP contribution >= 0.6 is 0 Å². The quantitative estimate of drug-likeness (QED) is 0.819. The second-order valence-corrected chi connectivity index (χ2v) is 7.52. The van der Waals surface area contributed by atoms with Crippen LogP contribution < -0.4 is 5.32 Å². The zero-order chi connectivity index (χ0) is 13.7. The summed E-state index contributed by atoms with van der Waals surface area (Å²) in [5, 5.41) is 3.31. The SMILES string of the molecule is CCOC1CCCN(S(=O)(=O)CC2CCCCN2)C1. The molecule has 0 bridgehead atoms. The van der Waals surface area contributed by atoms with Crippen LogP contribution in [0, 0.1) is 0 Å². The van der Waals surface area contributed by atoms with Crippen molar-refractivity contribution in [1.29, 1.82) is 0 Å². The van der Waals surface area contributed by atoms with Gasteiger partial charge in [0.05, 0.1) is 11.9 Å². The van der Waals surface area contributed by atoms with Crippen molar-refractivity contribution in [2.75, 3.05) is 32.0 Å². The number of piperidine rings is 2. The van der Waals surface area contributed by atoms with E-state index in [4.69, 9.17) is 4.74 Å². The molecule has 1 N–H and O–H groups in total. The summed E-state index contributed by atoms with van der Waals surface area (Å²) in [4.78, 5) is 0. The first-order chi connectivity index (χ1) is 9.12. The van der Waals surface area contributed by atoms with Crippen LogP contribution in [0.3, 0.4) is 0 Å². The summed E-state index contributed by atoms with van der Waals surface area (Å²) in [6.45, 7) is 4.74. The Kier molecular flexibility index (Phi) is 5.62. The predicted molar refractivity (Wildman–Crippen MR) is 75.6 cm³/mol. The summed E-state index contributed by atoms with van der Waals surface area (Å²) < 4.78 is 32.1. The number of rotatable bonds is 5. The number of hydrogen-bond donors (Lipinski definition) is 1. The van der Waals surface area contributed by atoms with Gasteiger partial charge in [-0.3, -0.25) is 0 Å². The molecule has 0 aromatic carbocycles. The molecule has 2 atom stereocenters. The van der Waals surface area contributed by atoms with Crippen LogP contribution in [-0.2, 0) is 14.8 Å². The summed E-state index contributed by atoms with van der Waals surface area (Å²) in [6, 6.07) is 0.131. The minimum Gasteiger partial charge on any atom is -0.377 e. The molecular weight excluding hydrogens is 264 g/mol. The van der Waals surface area contributed by atoms with E-state index >= 15 is 0 Å². The van der Waals surface area contributed by atoms with Gasteiger partial charge in [-0.1, -0.05) is 6.42 Å². The molecule has 2 rings (SSSR count). The second kappa shape index (κ2) is 7.02. The van der Waals surface area contributed by atoms with Crippen molar-refractivity contribution in [2.24, 2.45) is 0 Å². The average molecular weight is 290 g/mol. The molecule has 2 aliphatic heterocycles. The summed E-state index contributed by atoms with van der Waals surface area (Å²) in [7, 11) is -3.14. The van der Waals surface area contributed by atoms with Crippen LogP contribution in [0.5, 0.6) is 0 Å². The normalized spacial score (nSPS) is 30.4. The number of sulfonamides is 1. The van der Waals surface area contributed by atoms with Crippen LogP contribution in [-0.4, -0.2) is 56.9 Å². The van der Waals surface area contributed by atoms with E-state index in [0.717, 1.165) is 38.6 Å². The third-order valence-electron chi connectivity index (χ3n) is 3.96. The van der Waals surface area contributed by atoms with Gasteiger partial charge in [-0.2, -0.15) is 4.31 Å². The van der Waals surface area contributed by atoms with Crippen molar-refractivity contribution >= 4 is 10.0 Å². The Labute approximate surface area is 116 Å². The van der Waals surface area contributed by atoms with Crippen molar-refractivity contribution in [2.45, 2.75) is 51.2 Å². The largest absolute Gasteiger partial charge is 0.377 e. The monoisotopic (exact) mass is 290 g/mol. The lowest BCUT2D eigenvalue weighted by atomic mass is 10.1. The lowest BCUT2D eigenvalue weighted by molar-refractivity contribution is 0.0264. The molecular formula is C13H26N2O3S. The predicted octanol–water partition coefficient (Wildman–Crippen LogP) is 0.959. The van der Waals surface area contributed by atoms with Crippen LogP contribution in [0.15, 0.2) is 0 Å². The topological polar surface area (TPSA) is 58.6 Å². The fourth-order valence-corrected chi connectivity index (χ4v) is 4.76. The van der Waals surface area contributed by atoms with Crippen LogP contribution in [0.1, 0.15) is 39.0 Å². The van der Waals surface area contributed by atoms with E-state index in [1.165, 1.54) is 0 Å². The average Bonchev–Trinajstić information content (AvgIpc) is 2.40. The Morgan fingerprint density at radius 2 is 2.11 bits per heavy atom. The summed E-state index contributed by atoms with van der Waals surface area (Å²) in [6.07, 6.45) is 5.22. The maximum atomic E-state index is 12.4. The third-order valence-corrected chi connectivity index (χ3v) is 5.90. The Balaban J connectivity index is 1.90. The van der Waals surface area contributed by atoms with Gasteiger partial charge >= 0.3 is 0 Å². The van der Waals surface area contributed by atoms with E-state index in [0.29, 0.717) is 19.7 Å². The summed E-state index contributed by atoms with van der Waals surface area (Å²) in [5.41, 5.74) is 0. The molecule has 112 valence electrons. The third kappa shape index (κ3) is 4.41.